The quantitative estimate of drug-likeness (QED) is 0.841. The molecule has 0 radical (unpaired) electrons. The minimum atomic E-state index is 0.459. The molecule has 1 aromatic heterocycles. The zero-order valence-corrected chi connectivity index (χ0v) is 11.1. The van der Waals surface area contributed by atoms with E-state index in [4.69, 9.17) is 0 Å². The molecule has 0 amide bonds. The Balaban J connectivity index is 1.73. The Labute approximate surface area is 102 Å². The summed E-state index contributed by atoms with van der Waals surface area (Å²) >= 11 is 1.94. The van der Waals surface area contributed by atoms with Crippen LogP contribution in [-0.4, -0.2) is 12.6 Å². The average Bonchev–Trinajstić information content (AvgIpc) is 2.84. The van der Waals surface area contributed by atoms with E-state index in [0.717, 1.165) is 6.04 Å². The third kappa shape index (κ3) is 1.93. The van der Waals surface area contributed by atoms with Gasteiger partial charge in [0.15, 0.2) is 0 Å². The van der Waals surface area contributed by atoms with Crippen molar-refractivity contribution in [2.24, 2.45) is 5.41 Å². The summed E-state index contributed by atoms with van der Waals surface area (Å²) in [5.74, 6) is 0. The van der Waals surface area contributed by atoms with E-state index in [0.29, 0.717) is 10.8 Å². The van der Waals surface area contributed by atoms with Gasteiger partial charge in [0, 0.05) is 22.9 Å². The maximum atomic E-state index is 3.73. The molecule has 1 N–H and O–H groups in total. The fourth-order valence-electron chi connectivity index (χ4n) is 3.37. The highest BCUT2D eigenvalue weighted by molar-refractivity contribution is 7.10. The van der Waals surface area contributed by atoms with E-state index in [-0.39, 0.29) is 0 Å². The fourth-order valence-corrected chi connectivity index (χ4v) is 4.30. The molecule has 1 nitrogen and oxygen atoms in total. The van der Waals surface area contributed by atoms with Crippen LogP contribution in [0.15, 0.2) is 17.5 Å². The number of rotatable bonds is 4. The van der Waals surface area contributed by atoms with E-state index < -0.39 is 0 Å². The molecule has 0 spiro atoms. The largest absolute Gasteiger partial charge is 0.313 e. The zero-order chi connectivity index (χ0) is 11.2. The van der Waals surface area contributed by atoms with Gasteiger partial charge in [-0.2, -0.15) is 0 Å². The fraction of sp³-hybridized carbons (Fsp3) is 0.714. The number of thiophene rings is 1. The van der Waals surface area contributed by atoms with Gasteiger partial charge in [-0.1, -0.05) is 19.9 Å². The molecule has 1 heterocycles. The molecule has 88 valence electrons. The van der Waals surface area contributed by atoms with Crippen LogP contribution >= 0.6 is 11.3 Å². The lowest BCUT2D eigenvalue weighted by atomic mass is 9.54. The van der Waals surface area contributed by atoms with Gasteiger partial charge in [0.2, 0.25) is 0 Å². The topological polar surface area (TPSA) is 12.0 Å². The van der Waals surface area contributed by atoms with E-state index in [2.05, 4.69) is 36.7 Å². The van der Waals surface area contributed by atoms with E-state index in [1.807, 2.05) is 11.3 Å². The standard InChI is InChI=1S/C14H21NS/c1-13(2)8-14(9-13,10-15-11-5-6-11)12-4-3-7-16-12/h3-4,7,11,15H,5-6,8-10H2,1-2H3. The number of hydrogen-bond acceptors (Lipinski definition) is 2. The first-order valence-corrected chi connectivity index (χ1v) is 7.25. The van der Waals surface area contributed by atoms with Gasteiger partial charge in [-0.05, 0) is 42.5 Å². The van der Waals surface area contributed by atoms with E-state index in [1.54, 1.807) is 4.88 Å². The predicted molar refractivity (Wildman–Crippen MR) is 70.0 cm³/mol. The van der Waals surface area contributed by atoms with Crippen LogP contribution in [0.5, 0.6) is 0 Å². The third-order valence-corrected chi connectivity index (χ3v) is 5.10. The second-order valence-electron chi connectivity index (χ2n) is 6.43. The van der Waals surface area contributed by atoms with Gasteiger partial charge < -0.3 is 5.32 Å². The molecule has 2 aliphatic rings. The maximum absolute atomic E-state index is 3.73. The lowest BCUT2D eigenvalue weighted by Crippen LogP contribution is -2.52. The minimum absolute atomic E-state index is 0.459. The second-order valence-corrected chi connectivity index (χ2v) is 7.38. The summed E-state index contributed by atoms with van der Waals surface area (Å²) in [7, 11) is 0. The summed E-state index contributed by atoms with van der Waals surface area (Å²) in [6.07, 6.45) is 5.48. The van der Waals surface area contributed by atoms with Crippen molar-refractivity contribution in [1.29, 1.82) is 0 Å². The Bertz CT molecular complexity index is 354. The van der Waals surface area contributed by atoms with Crippen LogP contribution in [0.25, 0.3) is 0 Å². The molecule has 2 saturated carbocycles. The second kappa shape index (κ2) is 3.58. The summed E-state index contributed by atoms with van der Waals surface area (Å²) < 4.78 is 0. The van der Waals surface area contributed by atoms with Crippen LogP contribution < -0.4 is 5.32 Å². The Hall–Kier alpha value is -0.340. The van der Waals surface area contributed by atoms with Gasteiger partial charge in [0.1, 0.15) is 0 Å². The van der Waals surface area contributed by atoms with Crippen molar-refractivity contribution in [1.82, 2.24) is 5.32 Å². The monoisotopic (exact) mass is 235 g/mol. The van der Waals surface area contributed by atoms with Gasteiger partial charge in [0.05, 0.1) is 0 Å². The first kappa shape index (κ1) is 10.8. The third-order valence-electron chi connectivity index (χ3n) is 3.98. The van der Waals surface area contributed by atoms with Crippen molar-refractivity contribution < 1.29 is 0 Å². The summed E-state index contributed by atoms with van der Waals surface area (Å²) in [5, 5.41) is 5.95. The molecular weight excluding hydrogens is 214 g/mol. The van der Waals surface area contributed by atoms with Crippen molar-refractivity contribution >= 4 is 11.3 Å². The van der Waals surface area contributed by atoms with Crippen molar-refractivity contribution in [3.63, 3.8) is 0 Å². The van der Waals surface area contributed by atoms with Crippen LogP contribution in [0, 0.1) is 5.41 Å². The highest BCUT2D eigenvalue weighted by Gasteiger charge is 2.50. The summed E-state index contributed by atoms with van der Waals surface area (Å²) in [4.78, 5) is 1.60. The lowest BCUT2D eigenvalue weighted by molar-refractivity contribution is 0.0587. The summed E-state index contributed by atoms with van der Waals surface area (Å²) in [6, 6.07) is 5.36. The van der Waals surface area contributed by atoms with Gasteiger partial charge in [0.25, 0.3) is 0 Å². The first-order valence-electron chi connectivity index (χ1n) is 6.37. The van der Waals surface area contributed by atoms with Crippen LogP contribution in [0.1, 0.15) is 44.4 Å². The Morgan fingerprint density at radius 1 is 1.38 bits per heavy atom. The molecule has 16 heavy (non-hydrogen) atoms. The minimum Gasteiger partial charge on any atom is -0.313 e. The van der Waals surface area contributed by atoms with Crippen LogP contribution in [-0.2, 0) is 5.41 Å². The number of nitrogens with one attached hydrogen (secondary N) is 1. The molecule has 0 aromatic carbocycles. The van der Waals surface area contributed by atoms with Gasteiger partial charge in [-0.25, -0.2) is 0 Å². The smallest absolute Gasteiger partial charge is 0.0182 e. The first-order chi connectivity index (χ1) is 7.60. The Morgan fingerprint density at radius 3 is 2.62 bits per heavy atom. The molecule has 2 aliphatic carbocycles. The van der Waals surface area contributed by atoms with E-state index >= 15 is 0 Å². The lowest BCUT2D eigenvalue weighted by Gasteiger charge is -2.53. The summed E-state index contributed by atoms with van der Waals surface area (Å²) in [5.41, 5.74) is 1.01. The molecule has 0 unspecified atom stereocenters. The van der Waals surface area contributed by atoms with E-state index in [1.165, 1.54) is 32.2 Å². The SMILES string of the molecule is CC1(C)CC(CNC2CC2)(c2cccs2)C1. The Morgan fingerprint density at radius 2 is 2.12 bits per heavy atom. The van der Waals surface area contributed by atoms with Crippen molar-refractivity contribution in [2.45, 2.75) is 51.0 Å². The highest BCUT2D eigenvalue weighted by atomic mass is 32.1. The summed E-state index contributed by atoms with van der Waals surface area (Å²) in [6.45, 7) is 5.99. The van der Waals surface area contributed by atoms with E-state index in [9.17, 15) is 0 Å². The molecule has 0 saturated heterocycles. The maximum Gasteiger partial charge on any atom is 0.0182 e. The zero-order valence-electron chi connectivity index (χ0n) is 10.3. The molecule has 0 bridgehead atoms. The number of hydrogen-bond donors (Lipinski definition) is 1. The molecule has 1 aromatic rings. The highest BCUT2D eigenvalue weighted by Crippen LogP contribution is 2.56. The van der Waals surface area contributed by atoms with Crippen LogP contribution in [0.3, 0.4) is 0 Å². The van der Waals surface area contributed by atoms with Gasteiger partial charge >= 0.3 is 0 Å². The van der Waals surface area contributed by atoms with Crippen LogP contribution in [0.4, 0.5) is 0 Å². The Kier molecular flexibility index (Phi) is 2.41. The molecule has 3 rings (SSSR count). The van der Waals surface area contributed by atoms with Crippen molar-refractivity contribution in [3.05, 3.63) is 22.4 Å². The predicted octanol–water partition coefficient (Wildman–Crippen LogP) is 3.56. The molecule has 0 aliphatic heterocycles. The average molecular weight is 235 g/mol. The van der Waals surface area contributed by atoms with Gasteiger partial charge in [-0.15, -0.1) is 11.3 Å². The normalized spacial score (nSPS) is 26.4. The molecule has 2 heteroatoms. The molecule has 0 atom stereocenters. The van der Waals surface area contributed by atoms with Crippen molar-refractivity contribution in [3.8, 4) is 0 Å². The van der Waals surface area contributed by atoms with Crippen LogP contribution in [0.2, 0.25) is 0 Å². The molecule has 2 fully saturated rings. The van der Waals surface area contributed by atoms with Crippen molar-refractivity contribution in [2.75, 3.05) is 6.54 Å². The van der Waals surface area contributed by atoms with Gasteiger partial charge in [-0.3, -0.25) is 0 Å². The molecular formula is C14H21NS.